The molecule has 0 atom stereocenters. The number of fused-ring (bicyclic) bond motifs is 1. The molecule has 0 aliphatic rings. The maximum absolute atomic E-state index is 12.1. The first kappa shape index (κ1) is 14.0. The van der Waals surface area contributed by atoms with E-state index in [9.17, 15) is 4.79 Å². The second-order valence-corrected chi connectivity index (χ2v) is 6.28. The van der Waals surface area contributed by atoms with Crippen LogP contribution >= 0.6 is 22.9 Å². The summed E-state index contributed by atoms with van der Waals surface area (Å²) >= 11 is 7.77. The highest BCUT2D eigenvalue weighted by atomic mass is 35.5. The lowest BCUT2D eigenvalue weighted by molar-refractivity contribution is -0.115. The molecule has 1 amide bonds. The first-order valence-electron chi connectivity index (χ1n) is 6.52. The molecule has 0 radical (unpaired) electrons. The number of carbonyl (C=O) groups excluding carboxylic acids is 1. The Morgan fingerprint density at radius 1 is 1.33 bits per heavy atom. The van der Waals surface area contributed by atoms with Crippen molar-refractivity contribution < 1.29 is 4.79 Å². The van der Waals surface area contributed by atoms with E-state index in [0.717, 1.165) is 4.88 Å². The van der Waals surface area contributed by atoms with Gasteiger partial charge in [0.1, 0.15) is 0 Å². The minimum absolute atomic E-state index is 0.0749. The Balaban J connectivity index is 1.75. The molecule has 1 aromatic carbocycles. The third-order valence-corrected chi connectivity index (χ3v) is 4.74. The van der Waals surface area contributed by atoms with Gasteiger partial charge in [-0.25, -0.2) is 0 Å². The fraction of sp³-hybridized carbons (Fsp3) is 0.125. The van der Waals surface area contributed by atoms with Gasteiger partial charge in [-0.3, -0.25) is 9.78 Å². The van der Waals surface area contributed by atoms with Gasteiger partial charge in [0.15, 0.2) is 0 Å². The van der Waals surface area contributed by atoms with Crippen LogP contribution in [0.3, 0.4) is 0 Å². The maximum Gasteiger partial charge on any atom is 0.229 e. The van der Waals surface area contributed by atoms with Crippen molar-refractivity contribution in [3.05, 3.63) is 58.2 Å². The molecule has 0 aliphatic heterocycles. The Morgan fingerprint density at radius 2 is 2.14 bits per heavy atom. The summed E-state index contributed by atoms with van der Waals surface area (Å²) in [6.07, 6.45) is 1.98. The summed E-state index contributed by atoms with van der Waals surface area (Å²) in [6.45, 7) is 1.81. The third-order valence-electron chi connectivity index (χ3n) is 3.15. The van der Waals surface area contributed by atoms with Gasteiger partial charge in [0.05, 0.1) is 22.8 Å². The highest BCUT2D eigenvalue weighted by molar-refractivity contribution is 7.19. The molecule has 2 heterocycles. The number of nitrogens with zero attached hydrogens (tertiary/aromatic N) is 1. The number of thiophene rings is 1. The summed E-state index contributed by atoms with van der Waals surface area (Å²) in [5, 5.41) is 4.50. The van der Waals surface area contributed by atoms with Gasteiger partial charge < -0.3 is 5.32 Å². The summed E-state index contributed by atoms with van der Waals surface area (Å²) in [4.78, 5) is 17.3. The molecule has 0 spiro atoms. The summed E-state index contributed by atoms with van der Waals surface area (Å²) < 4.78 is 1.19. The Kier molecular flexibility index (Phi) is 3.90. The topological polar surface area (TPSA) is 42.0 Å². The van der Waals surface area contributed by atoms with Crippen molar-refractivity contribution in [2.75, 3.05) is 5.32 Å². The molecule has 3 aromatic rings. The fourth-order valence-electron chi connectivity index (χ4n) is 2.12. The van der Waals surface area contributed by atoms with Crippen molar-refractivity contribution in [2.24, 2.45) is 0 Å². The van der Waals surface area contributed by atoms with Crippen LogP contribution in [0.4, 0.5) is 5.69 Å². The molecule has 0 saturated carbocycles. The van der Waals surface area contributed by atoms with E-state index in [4.69, 9.17) is 11.6 Å². The lowest BCUT2D eigenvalue weighted by Gasteiger charge is -2.07. The minimum atomic E-state index is -0.0749. The smallest absolute Gasteiger partial charge is 0.229 e. The van der Waals surface area contributed by atoms with E-state index in [1.165, 1.54) is 10.1 Å². The monoisotopic (exact) mass is 316 g/mol. The second kappa shape index (κ2) is 5.84. The Labute approximate surface area is 131 Å². The molecular weight excluding hydrogens is 304 g/mol. The van der Waals surface area contributed by atoms with Crippen molar-refractivity contribution in [3.63, 3.8) is 0 Å². The summed E-state index contributed by atoms with van der Waals surface area (Å²) in [6, 6.07) is 11.9. The number of rotatable bonds is 3. The minimum Gasteiger partial charge on any atom is -0.324 e. The van der Waals surface area contributed by atoms with E-state index in [2.05, 4.69) is 28.5 Å². The fourth-order valence-corrected chi connectivity index (χ4v) is 3.34. The molecule has 0 bridgehead atoms. The Hall–Kier alpha value is -1.91. The van der Waals surface area contributed by atoms with Crippen LogP contribution < -0.4 is 5.32 Å². The molecule has 106 valence electrons. The zero-order valence-corrected chi connectivity index (χ0v) is 13.0. The number of hydrogen-bond acceptors (Lipinski definition) is 3. The normalized spacial score (nSPS) is 10.8. The van der Waals surface area contributed by atoms with E-state index in [1.807, 2.05) is 19.1 Å². The largest absolute Gasteiger partial charge is 0.324 e. The third kappa shape index (κ3) is 3.06. The van der Waals surface area contributed by atoms with Gasteiger partial charge in [-0.05, 0) is 30.5 Å². The summed E-state index contributed by atoms with van der Waals surface area (Å²) in [5.74, 6) is -0.0749. The molecule has 2 aromatic heterocycles. The van der Waals surface area contributed by atoms with E-state index in [-0.39, 0.29) is 5.91 Å². The number of aryl methyl sites for hydroxylation is 1. The predicted octanol–water partition coefficient (Wildman–Crippen LogP) is 4.44. The number of benzene rings is 1. The molecule has 3 rings (SSSR count). The van der Waals surface area contributed by atoms with Gasteiger partial charge in [0.2, 0.25) is 5.91 Å². The number of pyridine rings is 1. The van der Waals surface area contributed by atoms with Gasteiger partial charge in [-0.2, -0.15) is 0 Å². The van der Waals surface area contributed by atoms with Crippen LogP contribution in [0.15, 0.2) is 42.6 Å². The second-order valence-electron chi connectivity index (χ2n) is 4.73. The van der Waals surface area contributed by atoms with Gasteiger partial charge in [0, 0.05) is 15.8 Å². The molecule has 0 aliphatic carbocycles. The van der Waals surface area contributed by atoms with Crippen LogP contribution in [0.2, 0.25) is 5.02 Å². The van der Waals surface area contributed by atoms with Crippen molar-refractivity contribution in [1.29, 1.82) is 0 Å². The number of hydrogen-bond donors (Lipinski definition) is 1. The van der Waals surface area contributed by atoms with Gasteiger partial charge in [-0.15, -0.1) is 11.3 Å². The van der Waals surface area contributed by atoms with Gasteiger partial charge >= 0.3 is 0 Å². The summed E-state index contributed by atoms with van der Waals surface area (Å²) in [5.41, 5.74) is 1.31. The highest BCUT2D eigenvalue weighted by Gasteiger charge is 2.10. The molecule has 1 N–H and O–H groups in total. The molecule has 0 fully saturated rings. The van der Waals surface area contributed by atoms with Crippen LogP contribution in [0.1, 0.15) is 10.6 Å². The van der Waals surface area contributed by atoms with Crippen LogP contribution in [0, 0.1) is 6.92 Å². The van der Waals surface area contributed by atoms with Crippen LogP contribution in [-0.2, 0) is 11.2 Å². The SMILES string of the molecule is Cc1nccc(NC(=O)Cc2cc3ccccc3s2)c1Cl. The molecule has 0 unspecified atom stereocenters. The van der Waals surface area contributed by atoms with E-state index >= 15 is 0 Å². The van der Waals surface area contributed by atoms with Gasteiger partial charge in [0.25, 0.3) is 0 Å². The van der Waals surface area contributed by atoms with Crippen molar-refractivity contribution in [1.82, 2.24) is 4.98 Å². The average molecular weight is 317 g/mol. The zero-order valence-electron chi connectivity index (χ0n) is 11.4. The highest BCUT2D eigenvalue weighted by Crippen LogP contribution is 2.27. The Bertz CT molecular complexity index is 780. The van der Waals surface area contributed by atoms with E-state index in [1.54, 1.807) is 23.6 Å². The number of aromatic nitrogens is 1. The lowest BCUT2D eigenvalue weighted by Crippen LogP contribution is -2.14. The van der Waals surface area contributed by atoms with Crippen molar-refractivity contribution in [2.45, 2.75) is 13.3 Å². The predicted molar refractivity (Wildman–Crippen MR) is 88.1 cm³/mol. The van der Waals surface area contributed by atoms with Crippen molar-refractivity contribution >= 4 is 44.6 Å². The first-order chi connectivity index (χ1) is 10.1. The molecule has 5 heteroatoms. The Morgan fingerprint density at radius 3 is 2.95 bits per heavy atom. The average Bonchev–Trinajstić information content (AvgIpc) is 2.86. The number of halogens is 1. The van der Waals surface area contributed by atoms with Crippen LogP contribution in [0.5, 0.6) is 0 Å². The van der Waals surface area contributed by atoms with E-state index in [0.29, 0.717) is 22.8 Å². The number of nitrogens with one attached hydrogen (secondary N) is 1. The molecular formula is C16H13ClN2OS. The molecule has 21 heavy (non-hydrogen) atoms. The molecule has 3 nitrogen and oxygen atoms in total. The number of anilines is 1. The molecule has 0 saturated heterocycles. The number of amides is 1. The maximum atomic E-state index is 12.1. The number of carbonyl (C=O) groups is 1. The van der Waals surface area contributed by atoms with Gasteiger partial charge in [-0.1, -0.05) is 29.8 Å². The van der Waals surface area contributed by atoms with Crippen LogP contribution in [-0.4, -0.2) is 10.9 Å². The van der Waals surface area contributed by atoms with E-state index < -0.39 is 0 Å². The lowest BCUT2D eigenvalue weighted by atomic mass is 10.2. The quantitative estimate of drug-likeness (QED) is 0.776. The zero-order chi connectivity index (χ0) is 14.8. The summed E-state index contributed by atoms with van der Waals surface area (Å²) in [7, 11) is 0. The first-order valence-corrected chi connectivity index (χ1v) is 7.71. The van der Waals surface area contributed by atoms with Crippen LogP contribution in [0.25, 0.3) is 10.1 Å². The standard InChI is InChI=1S/C16H13ClN2OS/c1-10-16(17)13(6-7-18-10)19-15(20)9-12-8-11-4-2-3-5-14(11)21-12/h2-8H,9H2,1H3,(H,18,19,20). The van der Waals surface area contributed by atoms with Crippen molar-refractivity contribution in [3.8, 4) is 0 Å².